The molecular formula is C31H54B4N2O8. The molecule has 4 aliphatic heterocycles. The van der Waals surface area contributed by atoms with Crippen LogP contribution in [0.2, 0.25) is 25.3 Å². The fourth-order valence-electron chi connectivity index (χ4n) is 6.80. The van der Waals surface area contributed by atoms with E-state index < -0.39 is 23.1 Å². The fraction of sp³-hybridized carbons (Fsp3) is 1.00. The molecule has 0 N–H and O–H groups in total. The van der Waals surface area contributed by atoms with Crippen molar-refractivity contribution in [3.05, 3.63) is 0 Å². The Morgan fingerprint density at radius 3 is 1.02 bits per heavy atom. The predicted octanol–water partition coefficient (Wildman–Crippen LogP) is 2.41. The zero-order valence-corrected chi connectivity index (χ0v) is 28.2. The Kier molecular flexibility index (Phi) is 14.2. The molecule has 0 aromatic carbocycles. The van der Waals surface area contributed by atoms with Gasteiger partial charge >= 0.3 is 0 Å². The van der Waals surface area contributed by atoms with Crippen molar-refractivity contribution in [1.29, 1.82) is 0 Å². The van der Waals surface area contributed by atoms with Crippen molar-refractivity contribution in [1.82, 2.24) is 9.80 Å². The van der Waals surface area contributed by atoms with Crippen molar-refractivity contribution in [2.45, 2.75) is 133 Å². The molecule has 4 saturated heterocycles. The van der Waals surface area contributed by atoms with Crippen LogP contribution in [0.3, 0.4) is 0 Å². The van der Waals surface area contributed by atoms with Gasteiger partial charge in [0.05, 0.1) is 82.2 Å². The molecule has 0 saturated carbocycles. The largest absolute Gasteiger partial charge is 0.347 e. The Hall–Kier alpha value is -0.140. The van der Waals surface area contributed by atoms with E-state index in [9.17, 15) is 0 Å². The molecule has 45 heavy (non-hydrogen) atoms. The third kappa shape index (κ3) is 11.5. The monoisotopic (exact) mass is 626 g/mol. The van der Waals surface area contributed by atoms with E-state index in [1.165, 1.54) is 0 Å². The van der Waals surface area contributed by atoms with E-state index >= 15 is 0 Å². The summed E-state index contributed by atoms with van der Waals surface area (Å²) in [4.78, 5) is 4.78. The molecule has 0 aromatic rings. The quantitative estimate of drug-likeness (QED) is 0.188. The van der Waals surface area contributed by atoms with Crippen molar-refractivity contribution >= 4 is 31.4 Å². The molecular weight excluding hydrogens is 572 g/mol. The first-order valence-electron chi connectivity index (χ1n) is 16.9. The van der Waals surface area contributed by atoms with Gasteiger partial charge in [-0.15, -0.1) is 0 Å². The molecule has 8 atom stereocenters. The summed E-state index contributed by atoms with van der Waals surface area (Å²) in [6.07, 6.45) is 5.39. The highest BCUT2D eigenvalue weighted by Crippen LogP contribution is 2.32. The first kappa shape index (κ1) is 37.7. The summed E-state index contributed by atoms with van der Waals surface area (Å²) in [5.41, 5.74) is 0. The van der Waals surface area contributed by atoms with Gasteiger partial charge in [-0.1, -0.05) is 31.7 Å². The number of rotatable bonds is 20. The highest BCUT2D eigenvalue weighted by atomic mass is 16.8. The van der Waals surface area contributed by atoms with Gasteiger partial charge in [0.1, 0.15) is 0 Å². The highest BCUT2D eigenvalue weighted by molar-refractivity contribution is 6.09. The SMILES string of the molecule is [B]CCCC1(C)OCC(CN(CCN(CC2COC(C)(CC[B])O2)CC2COC(C)(CC[B])O2)CC2COC(C)(CC[B])O2)O1. The van der Waals surface area contributed by atoms with Crippen LogP contribution in [0, 0.1) is 0 Å². The van der Waals surface area contributed by atoms with Crippen LogP contribution in [0.25, 0.3) is 0 Å². The molecule has 8 radical (unpaired) electrons. The average Bonchev–Trinajstić information content (AvgIpc) is 3.74. The molecule has 0 aliphatic carbocycles. The summed E-state index contributed by atoms with van der Waals surface area (Å²) in [6.45, 7) is 14.3. The molecule has 0 aromatic heterocycles. The lowest BCUT2D eigenvalue weighted by atomic mass is 9.98. The van der Waals surface area contributed by atoms with E-state index in [-0.39, 0.29) is 24.4 Å². The molecule has 248 valence electrons. The summed E-state index contributed by atoms with van der Waals surface area (Å²) in [5, 5.41) is 0. The van der Waals surface area contributed by atoms with Crippen LogP contribution in [-0.4, -0.2) is 154 Å². The Balaban J connectivity index is 1.42. The maximum absolute atomic E-state index is 6.42. The summed E-state index contributed by atoms with van der Waals surface area (Å²) < 4.78 is 49.7. The van der Waals surface area contributed by atoms with Crippen LogP contribution >= 0.6 is 0 Å². The Bertz CT molecular complexity index is 871. The summed E-state index contributed by atoms with van der Waals surface area (Å²) in [7, 11) is 23.2. The normalized spacial score (nSPS) is 38.7. The van der Waals surface area contributed by atoms with Crippen LogP contribution in [-0.2, 0) is 37.9 Å². The summed E-state index contributed by atoms with van der Waals surface area (Å²) in [5.74, 6) is -2.58. The van der Waals surface area contributed by atoms with Gasteiger partial charge in [-0.3, -0.25) is 9.80 Å². The second kappa shape index (κ2) is 17.0. The molecule has 10 nitrogen and oxygen atoms in total. The van der Waals surface area contributed by atoms with Crippen molar-refractivity contribution in [2.75, 3.05) is 65.7 Å². The lowest BCUT2D eigenvalue weighted by molar-refractivity contribution is -0.164. The topological polar surface area (TPSA) is 80.3 Å². The number of hydrogen-bond donors (Lipinski definition) is 0. The molecule has 4 rings (SSSR count). The number of hydrogen-bond acceptors (Lipinski definition) is 10. The van der Waals surface area contributed by atoms with E-state index in [0.717, 1.165) is 25.9 Å². The minimum absolute atomic E-state index is 0.0638. The zero-order chi connectivity index (χ0) is 32.6. The molecule has 4 fully saturated rings. The van der Waals surface area contributed by atoms with Crippen molar-refractivity contribution < 1.29 is 37.9 Å². The third-order valence-corrected chi connectivity index (χ3v) is 9.17. The minimum Gasteiger partial charge on any atom is -0.347 e. The van der Waals surface area contributed by atoms with Gasteiger partial charge in [0.25, 0.3) is 0 Å². The van der Waals surface area contributed by atoms with E-state index in [4.69, 9.17) is 69.3 Å². The van der Waals surface area contributed by atoms with E-state index in [2.05, 4.69) is 9.80 Å². The molecule has 0 spiro atoms. The summed E-state index contributed by atoms with van der Waals surface area (Å²) >= 11 is 0. The third-order valence-electron chi connectivity index (χ3n) is 9.17. The second-order valence-corrected chi connectivity index (χ2v) is 13.8. The molecule has 0 amide bonds. The van der Waals surface area contributed by atoms with Crippen LogP contribution in [0.4, 0.5) is 0 Å². The predicted molar refractivity (Wildman–Crippen MR) is 175 cm³/mol. The van der Waals surface area contributed by atoms with Crippen LogP contribution in [0.5, 0.6) is 0 Å². The second-order valence-electron chi connectivity index (χ2n) is 13.8. The van der Waals surface area contributed by atoms with Gasteiger partial charge < -0.3 is 37.9 Å². The van der Waals surface area contributed by atoms with Crippen LogP contribution in [0.1, 0.15) is 59.8 Å². The van der Waals surface area contributed by atoms with Gasteiger partial charge in [-0.05, 0) is 47.0 Å². The number of nitrogens with zero attached hydrogens (tertiary/aromatic N) is 2. The van der Waals surface area contributed by atoms with Gasteiger partial charge in [0, 0.05) is 45.7 Å². The van der Waals surface area contributed by atoms with E-state index in [0.29, 0.717) is 97.1 Å². The van der Waals surface area contributed by atoms with E-state index in [1.54, 1.807) is 0 Å². The Morgan fingerprint density at radius 2 is 0.756 bits per heavy atom. The number of ether oxygens (including phenoxy) is 8. The fourth-order valence-corrected chi connectivity index (χ4v) is 6.80. The first-order chi connectivity index (χ1) is 21.4. The molecule has 14 heteroatoms. The van der Waals surface area contributed by atoms with Crippen molar-refractivity contribution in [2.24, 2.45) is 0 Å². The molecule has 0 bridgehead atoms. The zero-order valence-electron chi connectivity index (χ0n) is 28.2. The van der Waals surface area contributed by atoms with Gasteiger partial charge in [0.15, 0.2) is 23.1 Å². The van der Waals surface area contributed by atoms with Crippen LogP contribution in [0.15, 0.2) is 0 Å². The smallest absolute Gasteiger partial charge is 0.166 e. The Morgan fingerprint density at radius 1 is 0.467 bits per heavy atom. The van der Waals surface area contributed by atoms with Gasteiger partial charge in [-0.25, -0.2) is 0 Å². The maximum atomic E-state index is 6.42. The summed E-state index contributed by atoms with van der Waals surface area (Å²) in [6, 6.07) is 0. The van der Waals surface area contributed by atoms with E-state index in [1.807, 2.05) is 27.7 Å². The lowest BCUT2D eigenvalue weighted by Crippen LogP contribution is -2.47. The van der Waals surface area contributed by atoms with Crippen LogP contribution < -0.4 is 0 Å². The first-order valence-corrected chi connectivity index (χ1v) is 16.9. The van der Waals surface area contributed by atoms with Crippen molar-refractivity contribution in [3.8, 4) is 0 Å². The molecule has 8 unspecified atom stereocenters. The standard InChI is InChI=1S/C31H54B4N2O8/c1-28(6-5-10-32)38-20-24(42-28)16-36(17-25-21-39-29(2,43-25)7-11-33)14-15-37(18-26-22-40-30(3,44-26)8-12-34)19-27-23-41-31(4,45-27)9-13-35/h24-27H,5-23H2,1-4H3. The maximum Gasteiger partial charge on any atom is 0.166 e. The highest BCUT2D eigenvalue weighted by Gasteiger charge is 2.42. The molecule has 4 heterocycles. The van der Waals surface area contributed by atoms with Gasteiger partial charge in [0.2, 0.25) is 0 Å². The lowest BCUT2D eigenvalue weighted by Gasteiger charge is -2.33. The average molecular weight is 626 g/mol. The minimum atomic E-state index is -0.657. The Labute approximate surface area is 277 Å². The molecule has 4 aliphatic rings. The van der Waals surface area contributed by atoms with Crippen molar-refractivity contribution in [3.63, 3.8) is 0 Å². The van der Waals surface area contributed by atoms with Gasteiger partial charge in [-0.2, -0.15) is 0 Å².